The van der Waals surface area contributed by atoms with Crippen LogP contribution in [0.15, 0.2) is 28.6 Å². The maximum absolute atomic E-state index is 14.5. The predicted octanol–water partition coefficient (Wildman–Crippen LogP) is 4.62. The van der Waals surface area contributed by atoms with Crippen LogP contribution in [-0.4, -0.2) is 51.0 Å². The molecule has 32 heavy (non-hydrogen) atoms. The van der Waals surface area contributed by atoms with Crippen molar-refractivity contribution in [3.63, 3.8) is 0 Å². The third kappa shape index (κ3) is 8.15. The molecule has 4 N–H and O–H groups in total. The van der Waals surface area contributed by atoms with Crippen LogP contribution in [0.5, 0.6) is 0 Å². The molecule has 0 bridgehead atoms. The van der Waals surface area contributed by atoms with Crippen LogP contribution in [0.3, 0.4) is 0 Å². The second-order valence-corrected chi connectivity index (χ2v) is 11.0. The molecule has 1 aromatic heterocycles. The molecule has 0 aliphatic rings. The van der Waals surface area contributed by atoms with E-state index in [0.29, 0.717) is 18.2 Å². The molecule has 2 atom stereocenters. The average molecular weight is 506 g/mol. The Morgan fingerprint density at radius 3 is 2.75 bits per heavy atom. The van der Waals surface area contributed by atoms with Gasteiger partial charge in [-0.05, 0) is 50.9 Å². The van der Waals surface area contributed by atoms with Crippen LogP contribution in [-0.2, 0) is 10.0 Å². The van der Waals surface area contributed by atoms with Crippen molar-refractivity contribution in [1.29, 1.82) is 0 Å². The van der Waals surface area contributed by atoms with Gasteiger partial charge in [-0.25, -0.2) is 17.8 Å². The van der Waals surface area contributed by atoms with Crippen LogP contribution >= 0.6 is 22.9 Å². The highest BCUT2D eigenvalue weighted by atomic mass is 35.5. The second kappa shape index (κ2) is 12.7. The third-order valence-electron chi connectivity index (χ3n) is 5.24. The van der Waals surface area contributed by atoms with Crippen molar-refractivity contribution in [3.05, 3.63) is 34.5 Å². The lowest BCUT2D eigenvalue weighted by Gasteiger charge is -2.25. The van der Waals surface area contributed by atoms with Crippen molar-refractivity contribution in [3.8, 4) is 0 Å². The van der Waals surface area contributed by atoms with Crippen molar-refractivity contribution < 1.29 is 12.8 Å². The molecule has 0 saturated heterocycles. The predicted molar refractivity (Wildman–Crippen MR) is 132 cm³/mol. The van der Waals surface area contributed by atoms with Gasteiger partial charge in [0.1, 0.15) is 10.7 Å². The van der Waals surface area contributed by atoms with Gasteiger partial charge in [0.2, 0.25) is 0 Å². The lowest BCUT2D eigenvalue weighted by molar-refractivity contribution is 0.267. The van der Waals surface area contributed by atoms with Crippen LogP contribution in [0.2, 0.25) is 5.02 Å². The fourth-order valence-corrected chi connectivity index (χ4v) is 5.51. The van der Waals surface area contributed by atoms with Crippen molar-refractivity contribution in [1.82, 2.24) is 9.88 Å². The van der Waals surface area contributed by atoms with Gasteiger partial charge in [-0.15, -0.1) is 11.3 Å². The van der Waals surface area contributed by atoms with Gasteiger partial charge in [-0.1, -0.05) is 31.9 Å². The monoisotopic (exact) mass is 505 g/mol. The van der Waals surface area contributed by atoms with Crippen LogP contribution in [0.4, 0.5) is 15.2 Å². The summed E-state index contributed by atoms with van der Waals surface area (Å²) in [5.74, 6) is -0.374. The van der Waals surface area contributed by atoms with E-state index in [2.05, 4.69) is 40.8 Å². The minimum Gasteiger partial charge on any atom is -0.384 e. The molecule has 11 heteroatoms. The van der Waals surface area contributed by atoms with Gasteiger partial charge in [0, 0.05) is 30.7 Å². The second-order valence-electron chi connectivity index (χ2n) is 8.03. The zero-order valence-corrected chi connectivity index (χ0v) is 21.2. The number of unbranched alkanes of at least 4 members (excludes halogenated alkanes) is 1. The summed E-state index contributed by atoms with van der Waals surface area (Å²) in [6.07, 6.45) is 5.54. The number of likely N-dealkylation sites (N-methyl/N-ethyl adjacent to an activating group) is 1. The molecule has 0 radical (unpaired) electrons. The van der Waals surface area contributed by atoms with Crippen LogP contribution in [0.1, 0.15) is 39.5 Å². The fraction of sp³-hybridized carbons (Fsp3) is 0.571. The summed E-state index contributed by atoms with van der Waals surface area (Å²) >= 11 is 7.31. The standard InChI is InChI=1S/C21H33ClFN5O2S2/c1-4-7-15(2)18(24)14-28(3)10-6-5-8-25-19-13-17(23)20(12-16(19)22)32(29,30)27-21-26-9-11-31-21/h9,11-13,15,18,25H,4-8,10,14,24H2,1-3H3,(H,26,27)/t15-,18+/m0/s1. The van der Waals surface area contributed by atoms with E-state index in [9.17, 15) is 12.8 Å². The maximum Gasteiger partial charge on any atom is 0.266 e. The van der Waals surface area contributed by atoms with E-state index >= 15 is 0 Å². The Balaban J connectivity index is 1.82. The molecule has 0 spiro atoms. The lowest BCUT2D eigenvalue weighted by atomic mass is 9.97. The fourth-order valence-electron chi connectivity index (χ4n) is 3.34. The number of halogens is 2. The number of aromatic nitrogens is 1. The third-order valence-corrected chi connectivity index (χ3v) is 7.73. The molecule has 0 aliphatic heterocycles. The molecule has 1 aromatic carbocycles. The number of benzene rings is 1. The molecule has 0 amide bonds. The largest absolute Gasteiger partial charge is 0.384 e. The summed E-state index contributed by atoms with van der Waals surface area (Å²) < 4.78 is 41.6. The first-order valence-corrected chi connectivity index (χ1v) is 13.5. The lowest BCUT2D eigenvalue weighted by Crippen LogP contribution is -2.40. The van der Waals surface area contributed by atoms with Crippen LogP contribution < -0.4 is 15.8 Å². The summed E-state index contributed by atoms with van der Waals surface area (Å²) in [4.78, 5) is 5.57. The van der Waals surface area contributed by atoms with Gasteiger partial charge in [0.15, 0.2) is 5.13 Å². The molecule has 180 valence electrons. The van der Waals surface area contributed by atoms with Gasteiger partial charge in [0.05, 0.1) is 10.7 Å². The molecule has 2 rings (SSSR count). The van der Waals surface area contributed by atoms with Crippen LogP contribution in [0.25, 0.3) is 0 Å². The quantitative estimate of drug-likeness (QED) is 0.324. The molecule has 0 saturated carbocycles. The van der Waals surface area contributed by atoms with Crippen molar-refractivity contribution in [2.24, 2.45) is 11.7 Å². The normalized spacial score (nSPS) is 13.8. The maximum atomic E-state index is 14.5. The number of nitrogens with zero attached hydrogens (tertiary/aromatic N) is 2. The number of hydrogen-bond donors (Lipinski definition) is 3. The average Bonchev–Trinajstić information content (AvgIpc) is 3.22. The minimum absolute atomic E-state index is 0.138. The molecule has 1 heterocycles. The van der Waals surface area contributed by atoms with Crippen molar-refractivity contribution in [2.75, 3.05) is 36.7 Å². The zero-order chi connectivity index (χ0) is 23.7. The van der Waals surface area contributed by atoms with Gasteiger partial charge < -0.3 is 16.0 Å². The van der Waals surface area contributed by atoms with Gasteiger partial charge in [0.25, 0.3) is 10.0 Å². The number of nitrogens with one attached hydrogen (secondary N) is 2. The first kappa shape index (κ1) is 26.8. The molecule has 0 fully saturated rings. The minimum atomic E-state index is -4.12. The summed E-state index contributed by atoms with van der Waals surface area (Å²) in [6.45, 7) is 6.73. The molecular weight excluding hydrogens is 473 g/mol. The Labute approximate surface area is 199 Å². The van der Waals surface area contributed by atoms with Crippen LogP contribution in [0, 0.1) is 11.7 Å². The number of sulfonamides is 1. The molecule has 0 aliphatic carbocycles. The number of thiazole rings is 1. The Morgan fingerprint density at radius 1 is 1.34 bits per heavy atom. The summed E-state index contributed by atoms with van der Waals surface area (Å²) in [7, 11) is -2.05. The topological polar surface area (TPSA) is 100 Å². The summed E-state index contributed by atoms with van der Waals surface area (Å²) in [5, 5.41) is 5.00. The number of anilines is 2. The van der Waals surface area contributed by atoms with E-state index in [0.717, 1.165) is 62.2 Å². The van der Waals surface area contributed by atoms with Gasteiger partial charge >= 0.3 is 0 Å². The first-order valence-electron chi connectivity index (χ1n) is 10.7. The molecule has 2 aromatic rings. The van der Waals surface area contributed by atoms with Crippen molar-refractivity contribution in [2.45, 2.75) is 50.5 Å². The van der Waals surface area contributed by atoms with E-state index in [1.54, 1.807) is 5.38 Å². The smallest absolute Gasteiger partial charge is 0.266 e. The van der Waals surface area contributed by atoms with Gasteiger partial charge in [-0.3, -0.25) is 4.72 Å². The molecule has 7 nitrogen and oxygen atoms in total. The van der Waals surface area contributed by atoms with E-state index in [1.807, 2.05) is 0 Å². The van der Waals surface area contributed by atoms with Gasteiger partial charge in [-0.2, -0.15) is 0 Å². The SMILES string of the molecule is CCC[C@H](C)[C@H](N)CN(C)CCCCNc1cc(F)c(S(=O)(=O)Nc2nccs2)cc1Cl. The van der Waals surface area contributed by atoms with E-state index in [4.69, 9.17) is 17.3 Å². The Hall–Kier alpha value is -1.46. The van der Waals surface area contributed by atoms with E-state index in [-0.39, 0.29) is 16.2 Å². The number of nitrogens with two attached hydrogens (primary N) is 1. The zero-order valence-electron chi connectivity index (χ0n) is 18.8. The Bertz CT molecular complexity index is 944. The number of rotatable bonds is 14. The summed E-state index contributed by atoms with van der Waals surface area (Å²) in [5.41, 5.74) is 6.63. The number of hydrogen-bond acceptors (Lipinski definition) is 7. The van der Waals surface area contributed by atoms with E-state index in [1.165, 1.54) is 6.20 Å². The van der Waals surface area contributed by atoms with Crippen molar-refractivity contribution >= 4 is 43.8 Å². The first-order chi connectivity index (χ1) is 15.1. The highest BCUT2D eigenvalue weighted by Gasteiger charge is 2.22. The summed E-state index contributed by atoms with van der Waals surface area (Å²) in [6, 6.07) is 2.39. The molecular formula is C21H33ClFN5O2S2. The molecule has 0 unspecified atom stereocenters. The Kier molecular flexibility index (Phi) is 10.6. The highest BCUT2D eigenvalue weighted by molar-refractivity contribution is 7.93. The van der Waals surface area contributed by atoms with E-state index < -0.39 is 20.7 Å². The highest BCUT2D eigenvalue weighted by Crippen LogP contribution is 2.29. The Morgan fingerprint density at radius 2 is 2.09 bits per heavy atom.